The van der Waals surface area contributed by atoms with Gasteiger partial charge in [-0.1, -0.05) is 22.6 Å². The highest BCUT2D eigenvalue weighted by atomic mass is 127. The number of Topliss-reactive ketones (excluding diaryl/α,β-unsaturated/α-hetero) is 1. The van der Waals surface area contributed by atoms with Crippen molar-refractivity contribution in [2.24, 2.45) is 5.73 Å². The van der Waals surface area contributed by atoms with Crippen LogP contribution in [0.4, 0.5) is 0 Å². The lowest BCUT2D eigenvalue weighted by atomic mass is 9.77. The van der Waals surface area contributed by atoms with Crippen LogP contribution in [-0.4, -0.2) is 57.9 Å². The molecule has 0 aromatic carbocycles. The molecule has 0 radical (unpaired) electrons. The van der Waals surface area contributed by atoms with Crippen LogP contribution in [0, 0.1) is 0 Å². The van der Waals surface area contributed by atoms with E-state index in [1.165, 1.54) is 27.7 Å². The van der Waals surface area contributed by atoms with Crippen LogP contribution < -0.4 is 11.1 Å². The van der Waals surface area contributed by atoms with Crippen LogP contribution in [0.15, 0.2) is 18.4 Å². The summed E-state index contributed by atoms with van der Waals surface area (Å²) in [6.45, 7) is 7.04. The van der Waals surface area contributed by atoms with E-state index >= 15 is 0 Å². The fourth-order valence-corrected chi connectivity index (χ4v) is 7.97. The van der Waals surface area contributed by atoms with Crippen LogP contribution in [0.3, 0.4) is 0 Å². The molecular weight excluding hydrogens is 765 g/mol. The van der Waals surface area contributed by atoms with Crippen LogP contribution in [0.1, 0.15) is 34.6 Å². The largest absolute Gasteiger partial charge is 0.463 e. The number of allylic oxidation sites excluding steroid dienone is 2. The summed E-state index contributed by atoms with van der Waals surface area (Å²) < 4.78 is 14.1. The maximum absolute atomic E-state index is 13.4. The first-order valence-electron chi connectivity index (χ1n) is 9.29. The number of hydrogen-bond acceptors (Lipinski definition) is 9. The molecule has 2 atom stereocenters. The van der Waals surface area contributed by atoms with Gasteiger partial charge in [-0.15, -0.1) is 0 Å². The van der Waals surface area contributed by atoms with Gasteiger partial charge < -0.3 is 25.3 Å². The third-order valence-corrected chi connectivity index (χ3v) is 8.28. The number of halogens is 3. The SMILES string of the molecule is CCOC(=O)C(OC(=O)C1(N)C(I)=C(C(C)=O)C(I)=C(NC(C)=O)C1(C)I)C(=O)OCC. The maximum Gasteiger partial charge on any atom is 0.359 e. The van der Waals surface area contributed by atoms with Gasteiger partial charge in [0.25, 0.3) is 6.10 Å². The molecule has 2 unspecified atom stereocenters. The zero-order valence-corrected chi connectivity index (χ0v) is 24.4. The average molecular weight is 788 g/mol. The van der Waals surface area contributed by atoms with E-state index in [2.05, 4.69) is 5.32 Å². The Morgan fingerprint density at radius 1 is 1.03 bits per heavy atom. The quantitative estimate of drug-likeness (QED) is 0.124. The van der Waals surface area contributed by atoms with Gasteiger partial charge in [-0.3, -0.25) is 9.59 Å². The van der Waals surface area contributed by atoms with Crippen LogP contribution >= 0.6 is 67.8 Å². The molecule has 0 aromatic rings. The van der Waals surface area contributed by atoms with E-state index in [4.69, 9.17) is 19.9 Å². The number of carbonyl (C=O) groups is 5. The highest BCUT2D eigenvalue weighted by Gasteiger charge is 2.60. The Morgan fingerprint density at radius 3 is 1.88 bits per heavy atom. The summed E-state index contributed by atoms with van der Waals surface area (Å²) in [4.78, 5) is 62.2. The fourth-order valence-electron chi connectivity index (χ4n) is 2.79. The van der Waals surface area contributed by atoms with Crippen molar-refractivity contribution >= 4 is 97.4 Å². The monoisotopic (exact) mass is 788 g/mol. The van der Waals surface area contributed by atoms with Gasteiger partial charge in [0.2, 0.25) is 5.91 Å². The van der Waals surface area contributed by atoms with E-state index in [1.807, 2.05) is 45.2 Å². The molecule has 1 aliphatic rings. The number of nitrogens with two attached hydrogens (primary N) is 1. The summed E-state index contributed by atoms with van der Waals surface area (Å²) in [6, 6.07) is 0. The Balaban J connectivity index is 3.65. The number of ketones is 1. The molecule has 1 rings (SSSR count). The van der Waals surface area contributed by atoms with Gasteiger partial charge in [-0.05, 0) is 72.9 Å². The van der Waals surface area contributed by atoms with Crippen molar-refractivity contribution < 1.29 is 38.2 Å². The molecule has 0 saturated heterocycles. The zero-order valence-electron chi connectivity index (χ0n) is 18.0. The van der Waals surface area contributed by atoms with E-state index in [9.17, 15) is 24.0 Å². The van der Waals surface area contributed by atoms with Crippen molar-refractivity contribution in [2.45, 2.75) is 49.7 Å². The Kier molecular flexibility index (Phi) is 10.5. The molecule has 10 nitrogen and oxygen atoms in total. The molecule has 1 amide bonds. The number of amides is 1. The van der Waals surface area contributed by atoms with E-state index < -0.39 is 44.7 Å². The van der Waals surface area contributed by atoms with E-state index in [-0.39, 0.29) is 28.1 Å². The molecule has 0 saturated carbocycles. The highest BCUT2D eigenvalue weighted by molar-refractivity contribution is 14.1. The van der Waals surface area contributed by atoms with Gasteiger partial charge >= 0.3 is 17.9 Å². The summed E-state index contributed by atoms with van der Waals surface area (Å²) in [5.41, 5.74) is 4.88. The minimum atomic E-state index is -2.04. The van der Waals surface area contributed by atoms with Gasteiger partial charge in [0.1, 0.15) is 0 Å². The highest BCUT2D eigenvalue weighted by Crippen LogP contribution is 2.52. The van der Waals surface area contributed by atoms with Crippen molar-refractivity contribution in [3.05, 3.63) is 18.4 Å². The number of ether oxygens (including phenoxy) is 3. The summed E-state index contributed by atoms with van der Waals surface area (Å²) in [5, 5.41) is 2.64. The van der Waals surface area contributed by atoms with Crippen LogP contribution in [0.25, 0.3) is 0 Å². The van der Waals surface area contributed by atoms with Crippen molar-refractivity contribution in [2.75, 3.05) is 13.2 Å². The molecule has 32 heavy (non-hydrogen) atoms. The Hall–Kier alpha value is -0.820. The second kappa shape index (κ2) is 11.5. The number of nitrogens with one attached hydrogen (secondary N) is 1. The lowest BCUT2D eigenvalue weighted by Crippen LogP contribution is -2.67. The smallest absolute Gasteiger partial charge is 0.359 e. The molecule has 178 valence electrons. The molecule has 0 bridgehead atoms. The third kappa shape index (κ3) is 5.63. The van der Waals surface area contributed by atoms with Gasteiger partial charge in [0.05, 0.1) is 22.3 Å². The summed E-state index contributed by atoms with van der Waals surface area (Å²) in [6.07, 6.45) is -2.01. The first kappa shape index (κ1) is 29.2. The van der Waals surface area contributed by atoms with Gasteiger partial charge in [0.15, 0.2) is 11.3 Å². The molecule has 0 heterocycles. The summed E-state index contributed by atoms with van der Waals surface area (Å²) in [7, 11) is 0. The Morgan fingerprint density at radius 2 is 1.50 bits per heavy atom. The summed E-state index contributed by atoms with van der Waals surface area (Å²) in [5.74, 6) is -4.25. The third-order valence-electron chi connectivity index (χ3n) is 4.42. The lowest BCUT2D eigenvalue weighted by Gasteiger charge is -2.45. The number of esters is 3. The molecule has 13 heteroatoms. The standard InChI is InChI=1S/C19H23I3N2O8/c1-6-30-15(27)12(16(28)31-7-2)32-17(29)19(23)13(21)10(8(3)25)11(20)14(18(19,5)22)24-9(4)26/h12H,6-7,23H2,1-5H3,(H,24,26). The van der Waals surface area contributed by atoms with Crippen molar-refractivity contribution in [3.8, 4) is 0 Å². The van der Waals surface area contributed by atoms with Crippen LogP contribution in [0.5, 0.6) is 0 Å². The molecule has 0 aromatic heterocycles. The van der Waals surface area contributed by atoms with Gasteiger partial charge in [-0.2, -0.15) is 0 Å². The molecule has 0 fully saturated rings. The van der Waals surface area contributed by atoms with Gasteiger partial charge in [-0.25, -0.2) is 14.4 Å². The Bertz CT molecular complexity index is 894. The first-order valence-corrected chi connectivity index (χ1v) is 12.5. The normalized spacial score (nSPS) is 23.1. The molecule has 1 aliphatic carbocycles. The molecular formula is C19H23I3N2O8. The predicted molar refractivity (Wildman–Crippen MR) is 139 cm³/mol. The van der Waals surface area contributed by atoms with Gasteiger partial charge in [0, 0.05) is 19.7 Å². The van der Waals surface area contributed by atoms with Crippen molar-refractivity contribution in [3.63, 3.8) is 0 Å². The first-order chi connectivity index (χ1) is 14.7. The molecule has 0 spiro atoms. The van der Waals surface area contributed by atoms with Crippen molar-refractivity contribution in [1.29, 1.82) is 0 Å². The second-order valence-corrected chi connectivity index (χ2v) is 11.0. The number of alkyl halides is 1. The average Bonchev–Trinajstić information content (AvgIpc) is 2.67. The Labute approximate surface area is 226 Å². The zero-order chi connectivity index (χ0) is 25.0. The maximum atomic E-state index is 13.4. The number of carbonyl (C=O) groups excluding carboxylic acids is 5. The van der Waals surface area contributed by atoms with E-state index in [0.29, 0.717) is 3.58 Å². The van der Waals surface area contributed by atoms with E-state index in [1.54, 1.807) is 29.5 Å². The molecule has 3 N–H and O–H groups in total. The van der Waals surface area contributed by atoms with E-state index in [0.717, 1.165) is 0 Å². The topological polar surface area (TPSA) is 151 Å². The number of rotatable bonds is 8. The predicted octanol–water partition coefficient (Wildman–Crippen LogP) is 1.99. The fraction of sp³-hybridized carbons (Fsp3) is 0.526. The minimum absolute atomic E-state index is 0.0659. The van der Waals surface area contributed by atoms with Crippen LogP contribution in [-0.2, 0) is 38.2 Å². The minimum Gasteiger partial charge on any atom is -0.463 e. The molecule has 0 aliphatic heterocycles. The number of hydrogen-bond donors (Lipinski definition) is 2. The van der Waals surface area contributed by atoms with Crippen LogP contribution in [0.2, 0.25) is 0 Å². The lowest BCUT2D eigenvalue weighted by molar-refractivity contribution is -0.182. The second-order valence-electron chi connectivity index (χ2n) is 6.72. The summed E-state index contributed by atoms with van der Waals surface area (Å²) >= 11 is 5.54. The van der Waals surface area contributed by atoms with Crippen molar-refractivity contribution in [1.82, 2.24) is 5.32 Å².